The number of benzene rings is 1. The Balaban J connectivity index is 1.48. The quantitative estimate of drug-likeness (QED) is 0.709. The molecule has 1 aliphatic rings. The number of carbonyl (C=O) groups excluding carboxylic acids is 1. The van der Waals surface area contributed by atoms with Crippen LogP contribution in [0.15, 0.2) is 36.4 Å². The number of piperazine rings is 1. The van der Waals surface area contributed by atoms with Gasteiger partial charge in [-0.1, -0.05) is 12.1 Å². The average molecular weight is 352 g/mol. The van der Waals surface area contributed by atoms with Gasteiger partial charge in [-0.05, 0) is 31.2 Å². The molecule has 8 heteroatoms. The number of fused-ring (bicyclic) bond motifs is 1. The van der Waals surface area contributed by atoms with Crippen molar-refractivity contribution in [2.45, 2.75) is 6.92 Å². The molecule has 0 atom stereocenters. The number of aryl methyl sites for hydroxylation is 1. The number of nitrogens with zero attached hydrogens (tertiary/aromatic N) is 6. The van der Waals surface area contributed by atoms with E-state index in [4.69, 9.17) is 4.74 Å². The lowest BCUT2D eigenvalue weighted by atomic mass is 10.1. The number of rotatable bonds is 3. The maximum atomic E-state index is 12.8. The summed E-state index contributed by atoms with van der Waals surface area (Å²) in [4.78, 5) is 16.8. The summed E-state index contributed by atoms with van der Waals surface area (Å²) in [7, 11) is 1.58. The van der Waals surface area contributed by atoms with Gasteiger partial charge in [0.05, 0.1) is 12.7 Å². The van der Waals surface area contributed by atoms with E-state index in [1.807, 2.05) is 42.2 Å². The summed E-state index contributed by atoms with van der Waals surface area (Å²) in [6.07, 6.45) is 0. The molecule has 4 rings (SSSR count). The Morgan fingerprint density at radius 1 is 1.04 bits per heavy atom. The lowest BCUT2D eigenvalue weighted by molar-refractivity contribution is 0.0743. The van der Waals surface area contributed by atoms with Crippen molar-refractivity contribution in [1.82, 2.24) is 24.7 Å². The summed E-state index contributed by atoms with van der Waals surface area (Å²) in [6.45, 7) is 4.59. The first-order chi connectivity index (χ1) is 12.7. The Morgan fingerprint density at radius 2 is 1.81 bits per heavy atom. The van der Waals surface area contributed by atoms with E-state index in [-0.39, 0.29) is 5.91 Å². The summed E-state index contributed by atoms with van der Waals surface area (Å²) < 4.78 is 7.05. The molecule has 0 spiro atoms. The summed E-state index contributed by atoms with van der Waals surface area (Å²) in [5, 5.41) is 12.7. The molecule has 8 nitrogen and oxygen atoms in total. The molecule has 1 aliphatic heterocycles. The summed E-state index contributed by atoms with van der Waals surface area (Å²) in [5.41, 5.74) is 1.33. The highest BCUT2D eigenvalue weighted by atomic mass is 16.5. The molecule has 0 unspecified atom stereocenters. The molecule has 1 amide bonds. The maximum absolute atomic E-state index is 12.8. The van der Waals surface area contributed by atoms with Crippen LogP contribution >= 0.6 is 0 Å². The number of para-hydroxylation sites is 1. The van der Waals surface area contributed by atoms with Crippen molar-refractivity contribution in [2.24, 2.45) is 0 Å². The predicted molar refractivity (Wildman–Crippen MR) is 96.6 cm³/mol. The first-order valence-electron chi connectivity index (χ1n) is 8.53. The monoisotopic (exact) mass is 352 g/mol. The third-order valence-corrected chi connectivity index (χ3v) is 4.63. The van der Waals surface area contributed by atoms with Crippen LogP contribution in [0.2, 0.25) is 0 Å². The molecule has 0 N–H and O–H groups in total. The summed E-state index contributed by atoms with van der Waals surface area (Å²) in [5.74, 6) is 2.23. The maximum Gasteiger partial charge on any atom is 0.257 e. The highest BCUT2D eigenvalue weighted by molar-refractivity contribution is 5.97. The molecule has 0 saturated carbocycles. The molecule has 1 aromatic carbocycles. The normalized spacial score (nSPS) is 14.7. The minimum absolute atomic E-state index is 0.000153. The van der Waals surface area contributed by atoms with Crippen molar-refractivity contribution in [3.63, 3.8) is 0 Å². The van der Waals surface area contributed by atoms with E-state index in [0.29, 0.717) is 24.4 Å². The number of hydrogen-bond donors (Lipinski definition) is 0. The molecule has 3 aromatic rings. The minimum Gasteiger partial charge on any atom is -0.496 e. The Labute approximate surface area is 151 Å². The van der Waals surface area contributed by atoms with Crippen LogP contribution in [0.5, 0.6) is 5.75 Å². The van der Waals surface area contributed by atoms with Crippen LogP contribution in [-0.4, -0.2) is 63.9 Å². The fourth-order valence-electron chi connectivity index (χ4n) is 3.19. The number of amides is 1. The second kappa shape index (κ2) is 6.62. The lowest BCUT2D eigenvalue weighted by Crippen LogP contribution is -2.49. The van der Waals surface area contributed by atoms with Gasteiger partial charge in [0.1, 0.15) is 11.6 Å². The Kier molecular flexibility index (Phi) is 4.16. The number of methoxy groups -OCH3 is 1. The van der Waals surface area contributed by atoms with Gasteiger partial charge in [0.15, 0.2) is 11.5 Å². The van der Waals surface area contributed by atoms with Gasteiger partial charge >= 0.3 is 0 Å². The van der Waals surface area contributed by atoms with Crippen molar-refractivity contribution in [3.8, 4) is 5.75 Å². The van der Waals surface area contributed by atoms with Crippen molar-refractivity contribution in [2.75, 3.05) is 38.2 Å². The van der Waals surface area contributed by atoms with Crippen LogP contribution in [0.25, 0.3) is 5.65 Å². The molecular formula is C18H20N6O2. The van der Waals surface area contributed by atoms with E-state index in [2.05, 4.69) is 20.2 Å². The van der Waals surface area contributed by atoms with E-state index in [1.165, 1.54) is 0 Å². The zero-order valence-electron chi connectivity index (χ0n) is 14.8. The summed E-state index contributed by atoms with van der Waals surface area (Å²) >= 11 is 0. The average Bonchev–Trinajstić information content (AvgIpc) is 3.08. The van der Waals surface area contributed by atoms with Gasteiger partial charge in [0, 0.05) is 26.2 Å². The SMILES string of the molecule is COc1ccccc1C(=O)N1CCN(c2ccc3nnc(C)n3n2)CC1. The van der Waals surface area contributed by atoms with Gasteiger partial charge in [-0.2, -0.15) is 4.52 Å². The highest BCUT2D eigenvalue weighted by Gasteiger charge is 2.25. The fraction of sp³-hybridized carbons (Fsp3) is 0.333. The standard InChI is InChI=1S/C18H20N6O2/c1-13-19-20-16-7-8-17(21-24(13)16)22-9-11-23(12-10-22)18(25)14-5-3-4-6-15(14)26-2/h3-8H,9-12H2,1-2H3. The van der Waals surface area contributed by atoms with Crippen LogP contribution < -0.4 is 9.64 Å². The largest absolute Gasteiger partial charge is 0.496 e. The third-order valence-electron chi connectivity index (χ3n) is 4.63. The van der Waals surface area contributed by atoms with Gasteiger partial charge in [-0.25, -0.2) is 0 Å². The van der Waals surface area contributed by atoms with Crippen LogP contribution in [-0.2, 0) is 0 Å². The number of hydrogen-bond acceptors (Lipinski definition) is 6. The van der Waals surface area contributed by atoms with Gasteiger partial charge < -0.3 is 14.5 Å². The van der Waals surface area contributed by atoms with E-state index in [9.17, 15) is 4.79 Å². The van der Waals surface area contributed by atoms with E-state index < -0.39 is 0 Å². The third kappa shape index (κ3) is 2.83. The Bertz CT molecular complexity index is 946. The molecule has 0 bridgehead atoms. The number of aromatic nitrogens is 4. The smallest absolute Gasteiger partial charge is 0.257 e. The van der Waals surface area contributed by atoms with Crippen molar-refractivity contribution >= 4 is 17.4 Å². The van der Waals surface area contributed by atoms with Crippen molar-refractivity contribution < 1.29 is 9.53 Å². The lowest BCUT2D eigenvalue weighted by Gasteiger charge is -2.35. The van der Waals surface area contributed by atoms with Gasteiger partial charge in [0.25, 0.3) is 5.91 Å². The fourth-order valence-corrected chi connectivity index (χ4v) is 3.19. The molecular weight excluding hydrogens is 332 g/mol. The second-order valence-corrected chi connectivity index (χ2v) is 6.19. The van der Waals surface area contributed by atoms with Crippen LogP contribution in [0, 0.1) is 6.92 Å². The van der Waals surface area contributed by atoms with Gasteiger partial charge in [-0.3, -0.25) is 4.79 Å². The summed E-state index contributed by atoms with van der Waals surface area (Å²) in [6, 6.07) is 11.2. The highest BCUT2D eigenvalue weighted by Crippen LogP contribution is 2.21. The molecule has 26 heavy (non-hydrogen) atoms. The second-order valence-electron chi connectivity index (χ2n) is 6.19. The zero-order chi connectivity index (χ0) is 18.1. The Morgan fingerprint density at radius 3 is 2.58 bits per heavy atom. The Hall–Kier alpha value is -3.16. The molecule has 3 heterocycles. The van der Waals surface area contributed by atoms with Crippen LogP contribution in [0.4, 0.5) is 5.82 Å². The van der Waals surface area contributed by atoms with Crippen molar-refractivity contribution in [1.29, 1.82) is 0 Å². The van der Waals surface area contributed by atoms with Gasteiger partial charge in [0.2, 0.25) is 0 Å². The first-order valence-corrected chi connectivity index (χ1v) is 8.53. The number of ether oxygens (including phenoxy) is 1. The minimum atomic E-state index is 0.000153. The van der Waals surface area contributed by atoms with Crippen LogP contribution in [0.3, 0.4) is 0 Å². The van der Waals surface area contributed by atoms with Crippen molar-refractivity contribution in [3.05, 3.63) is 47.8 Å². The van der Waals surface area contributed by atoms with Crippen LogP contribution in [0.1, 0.15) is 16.2 Å². The first kappa shape index (κ1) is 16.3. The zero-order valence-corrected chi connectivity index (χ0v) is 14.8. The molecule has 1 saturated heterocycles. The topological polar surface area (TPSA) is 75.9 Å². The van der Waals surface area contributed by atoms with Gasteiger partial charge in [-0.15, -0.1) is 15.3 Å². The number of anilines is 1. The van der Waals surface area contributed by atoms with E-state index in [0.717, 1.165) is 30.4 Å². The molecule has 2 aromatic heterocycles. The number of carbonyl (C=O) groups is 1. The molecule has 134 valence electrons. The molecule has 0 radical (unpaired) electrons. The van der Waals surface area contributed by atoms with E-state index >= 15 is 0 Å². The predicted octanol–water partition coefficient (Wildman–Crippen LogP) is 1.40. The van der Waals surface area contributed by atoms with E-state index in [1.54, 1.807) is 17.7 Å². The molecule has 1 fully saturated rings. The molecule has 0 aliphatic carbocycles.